The molecule has 124 valence electrons. The molecule has 1 amide bonds. The van der Waals surface area contributed by atoms with E-state index in [9.17, 15) is 9.18 Å². The summed E-state index contributed by atoms with van der Waals surface area (Å²) in [6.07, 6.45) is 0. The predicted octanol–water partition coefficient (Wildman–Crippen LogP) is 2.81. The molecule has 0 aliphatic rings. The van der Waals surface area contributed by atoms with E-state index in [2.05, 4.69) is 25.6 Å². The Morgan fingerprint density at radius 1 is 1.29 bits per heavy atom. The highest BCUT2D eigenvalue weighted by molar-refractivity contribution is 6.00. The van der Waals surface area contributed by atoms with Crippen LogP contribution in [0.2, 0.25) is 0 Å². The van der Waals surface area contributed by atoms with Crippen LogP contribution in [0.3, 0.4) is 0 Å². The molecule has 0 unspecified atom stereocenters. The van der Waals surface area contributed by atoms with Crippen LogP contribution in [0.25, 0.3) is 5.69 Å². The summed E-state index contributed by atoms with van der Waals surface area (Å²) in [7, 11) is 0. The van der Waals surface area contributed by atoms with Gasteiger partial charge in [0.05, 0.1) is 5.69 Å². The number of aryl methyl sites for hydroxylation is 1. The molecule has 0 aliphatic carbocycles. The Balaban J connectivity index is 1.80. The van der Waals surface area contributed by atoms with Crippen LogP contribution >= 0.6 is 0 Å². The van der Waals surface area contributed by atoms with Gasteiger partial charge in [-0.05, 0) is 37.1 Å². The lowest BCUT2D eigenvalue weighted by molar-refractivity contribution is 0.101. The summed E-state index contributed by atoms with van der Waals surface area (Å²) in [5.41, 5.74) is 1.55. The van der Waals surface area contributed by atoms with E-state index in [1.165, 1.54) is 16.8 Å². The van der Waals surface area contributed by atoms with Crippen LogP contribution in [0, 0.1) is 12.7 Å². The van der Waals surface area contributed by atoms with Gasteiger partial charge in [0, 0.05) is 11.8 Å². The maximum absolute atomic E-state index is 13.0. The molecule has 0 saturated heterocycles. The summed E-state index contributed by atoms with van der Waals surface area (Å²) in [6.45, 7) is 5.77. The van der Waals surface area contributed by atoms with E-state index in [-0.39, 0.29) is 17.6 Å². The zero-order valence-corrected chi connectivity index (χ0v) is 13.5. The third kappa shape index (κ3) is 3.17. The van der Waals surface area contributed by atoms with Gasteiger partial charge in [-0.15, -0.1) is 5.10 Å². The lowest BCUT2D eigenvalue weighted by atomic mass is 10.1. The molecule has 3 rings (SSSR count). The lowest BCUT2D eigenvalue weighted by Gasteiger charge is -2.01. The second kappa shape index (κ2) is 6.23. The number of amides is 1. The maximum atomic E-state index is 13.0. The Bertz CT molecular complexity index is 865. The average Bonchev–Trinajstić information content (AvgIpc) is 3.15. The largest absolute Gasteiger partial charge is 0.302 e. The number of carbonyl (C=O) groups is 1. The van der Waals surface area contributed by atoms with Gasteiger partial charge in [-0.1, -0.05) is 13.8 Å². The minimum atomic E-state index is -0.458. The highest BCUT2D eigenvalue weighted by atomic mass is 19.1. The number of aromatic amines is 1. The number of carbonyl (C=O) groups excluding carboxylic acids is 1. The molecule has 2 aromatic heterocycles. The normalized spacial score (nSPS) is 11.0. The van der Waals surface area contributed by atoms with Crippen molar-refractivity contribution in [3.8, 4) is 5.69 Å². The van der Waals surface area contributed by atoms with E-state index in [4.69, 9.17) is 0 Å². The fraction of sp³-hybridized carbons (Fsp3) is 0.250. The molecule has 0 bridgehead atoms. The van der Waals surface area contributed by atoms with Gasteiger partial charge >= 0.3 is 0 Å². The molecule has 7 nitrogen and oxygen atoms in total. The Morgan fingerprint density at radius 3 is 2.62 bits per heavy atom. The Kier molecular flexibility index (Phi) is 4.11. The number of hydrogen-bond donors (Lipinski definition) is 2. The van der Waals surface area contributed by atoms with Gasteiger partial charge in [-0.3, -0.25) is 9.89 Å². The molecule has 0 saturated carbocycles. The lowest BCUT2D eigenvalue weighted by Crippen LogP contribution is -2.14. The second-order valence-electron chi connectivity index (χ2n) is 5.69. The van der Waals surface area contributed by atoms with Gasteiger partial charge in [0.25, 0.3) is 5.91 Å². The molecule has 0 aliphatic heterocycles. The zero-order valence-electron chi connectivity index (χ0n) is 13.5. The Morgan fingerprint density at radius 2 is 2.00 bits per heavy atom. The third-order valence-electron chi connectivity index (χ3n) is 3.50. The topological polar surface area (TPSA) is 88.5 Å². The molecule has 2 heterocycles. The first-order chi connectivity index (χ1) is 11.4. The van der Waals surface area contributed by atoms with Crippen molar-refractivity contribution in [3.05, 3.63) is 53.5 Å². The smallest absolute Gasteiger partial charge is 0.296 e. The number of anilines is 1. The van der Waals surface area contributed by atoms with Crippen LogP contribution in [-0.4, -0.2) is 30.9 Å². The van der Waals surface area contributed by atoms with Crippen LogP contribution in [0.1, 0.15) is 41.9 Å². The minimum absolute atomic E-state index is 0.0194. The molecular formula is C16H17FN6O. The quantitative estimate of drug-likeness (QED) is 0.771. The summed E-state index contributed by atoms with van der Waals surface area (Å²) in [4.78, 5) is 16.4. The van der Waals surface area contributed by atoms with Gasteiger partial charge in [-0.2, -0.15) is 5.10 Å². The predicted molar refractivity (Wildman–Crippen MR) is 86.7 cm³/mol. The standard InChI is InChI=1S/C16H17FN6O/c1-9(2)13-8-14(21-20-13)19-16(24)15-18-10(3)23(22-15)12-6-4-11(17)5-7-12/h4-9H,1-3H3,(H2,19,20,21,24). The zero-order chi connectivity index (χ0) is 17.3. The molecule has 24 heavy (non-hydrogen) atoms. The number of hydrogen-bond acceptors (Lipinski definition) is 4. The fourth-order valence-corrected chi connectivity index (χ4v) is 2.18. The third-order valence-corrected chi connectivity index (χ3v) is 3.50. The van der Waals surface area contributed by atoms with Crippen LogP contribution in [0.15, 0.2) is 30.3 Å². The molecule has 2 N–H and O–H groups in total. The summed E-state index contributed by atoms with van der Waals surface area (Å²) in [5.74, 6) is 0.443. The second-order valence-corrected chi connectivity index (χ2v) is 5.69. The van der Waals surface area contributed by atoms with Crippen molar-refractivity contribution in [3.63, 3.8) is 0 Å². The van der Waals surface area contributed by atoms with Gasteiger partial charge in [0.15, 0.2) is 5.82 Å². The number of rotatable bonds is 4. The summed E-state index contributed by atoms with van der Waals surface area (Å²) >= 11 is 0. The first-order valence-corrected chi connectivity index (χ1v) is 7.50. The van der Waals surface area contributed by atoms with Crippen molar-refractivity contribution >= 4 is 11.7 Å². The van der Waals surface area contributed by atoms with Gasteiger partial charge in [-0.25, -0.2) is 14.1 Å². The van der Waals surface area contributed by atoms with E-state index in [1.807, 2.05) is 13.8 Å². The monoisotopic (exact) mass is 328 g/mol. The van der Waals surface area contributed by atoms with E-state index >= 15 is 0 Å². The molecule has 0 fully saturated rings. The first-order valence-electron chi connectivity index (χ1n) is 7.50. The van der Waals surface area contributed by atoms with Crippen molar-refractivity contribution in [2.24, 2.45) is 0 Å². The van der Waals surface area contributed by atoms with Gasteiger partial charge in [0.2, 0.25) is 5.82 Å². The van der Waals surface area contributed by atoms with E-state index in [0.717, 1.165) is 5.69 Å². The van der Waals surface area contributed by atoms with Crippen LogP contribution < -0.4 is 5.32 Å². The Labute approximate surface area is 137 Å². The van der Waals surface area contributed by atoms with E-state index in [1.54, 1.807) is 25.1 Å². The van der Waals surface area contributed by atoms with Crippen LogP contribution in [0.5, 0.6) is 0 Å². The van der Waals surface area contributed by atoms with Crippen molar-refractivity contribution in [2.45, 2.75) is 26.7 Å². The molecule has 8 heteroatoms. The highest BCUT2D eigenvalue weighted by Crippen LogP contribution is 2.16. The molecule has 3 aromatic rings. The Hall–Kier alpha value is -3.03. The first kappa shape index (κ1) is 15.9. The summed E-state index contributed by atoms with van der Waals surface area (Å²) in [6, 6.07) is 7.57. The van der Waals surface area contributed by atoms with Crippen LogP contribution in [-0.2, 0) is 0 Å². The summed E-state index contributed by atoms with van der Waals surface area (Å²) in [5, 5.41) is 13.7. The number of benzene rings is 1. The molecule has 1 aromatic carbocycles. The molecule has 0 atom stereocenters. The number of aromatic nitrogens is 5. The van der Waals surface area contributed by atoms with E-state index in [0.29, 0.717) is 17.3 Å². The van der Waals surface area contributed by atoms with Crippen LogP contribution in [0.4, 0.5) is 10.2 Å². The number of nitrogens with one attached hydrogen (secondary N) is 2. The number of H-pyrrole nitrogens is 1. The van der Waals surface area contributed by atoms with Gasteiger partial charge < -0.3 is 5.32 Å². The SMILES string of the molecule is Cc1nc(C(=O)Nc2cc(C(C)C)[nH]n2)nn1-c1ccc(F)cc1. The number of halogens is 1. The van der Waals surface area contributed by atoms with Gasteiger partial charge in [0.1, 0.15) is 11.6 Å². The molecule has 0 spiro atoms. The van der Waals surface area contributed by atoms with Crippen molar-refractivity contribution in [2.75, 3.05) is 5.32 Å². The number of nitrogens with zero attached hydrogens (tertiary/aromatic N) is 4. The highest BCUT2D eigenvalue weighted by Gasteiger charge is 2.17. The van der Waals surface area contributed by atoms with Crippen molar-refractivity contribution < 1.29 is 9.18 Å². The maximum Gasteiger partial charge on any atom is 0.296 e. The fourth-order valence-electron chi connectivity index (χ4n) is 2.18. The molecule has 0 radical (unpaired) electrons. The van der Waals surface area contributed by atoms with Crippen molar-refractivity contribution in [1.29, 1.82) is 0 Å². The van der Waals surface area contributed by atoms with Crippen molar-refractivity contribution in [1.82, 2.24) is 25.0 Å². The molecular weight excluding hydrogens is 311 g/mol. The summed E-state index contributed by atoms with van der Waals surface area (Å²) < 4.78 is 14.5. The minimum Gasteiger partial charge on any atom is -0.302 e. The van der Waals surface area contributed by atoms with E-state index < -0.39 is 5.91 Å². The average molecular weight is 328 g/mol.